The van der Waals surface area contributed by atoms with E-state index < -0.39 is 11.4 Å². The summed E-state index contributed by atoms with van der Waals surface area (Å²) in [5.74, 6) is -0.672. The summed E-state index contributed by atoms with van der Waals surface area (Å²) >= 11 is 5.78. The second-order valence-corrected chi connectivity index (χ2v) is 7.13. The first-order chi connectivity index (χ1) is 12.4. The first kappa shape index (κ1) is 16.9. The van der Waals surface area contributed by atoms with Gasteiger partial charge in [-0.05, 0) is 37.6 Å². The van der Waals surface area contributed by atoms with Crippen molar-refractivity contribution in [1.29, 1.82) is 0 Å². The number of nitrogens with two attached hydrogens (primary N) is 1. The van der Waals surface area contributed by atoms with E-state index in [9.17, 15) is 9.18 Å². The van der Waals surface area contributed by atoms with E-state index in [1.807, 2.05) is 0 Å². The topological polar surface area (TPSA) is 90.5 Å². The molecule has 0 unspecified atom stereocenters. The average Bonchev–Trinajstić information content (AvgIpc) is 3.37. The molecule has 1 aliphatic heterocycles. The van der Waals surface area contributed by atoms with Crippen LogP contribution in [-0.2, 0) is 16.7 Å². The molecule has 0 saturated heterocycles. The maximum atomic E-state index is 14.5. The molecule has 6 nitrogen and oxygen atoms in total. The van der Waals surface area contributed by atoms with E-state index in [1.54, 1.807) is 19.1 Å². The van der Waals surface area contributed by atoms with Crippen LogP contribution >= 0.6 is 11.6 Å². The summed E-state index contributed by atoms with van der Waals surface area (Å²) in [5.41, 5.74) is 5.75. The Bertz CT molecular complexity index is 918. The van der Waals surface area contributed by atoms with Crippen molar-refractivity contribution < 1.29 is 13.9 Å². The van der Waals surface area contributed by atoms with Crippen LogP contribution in [0.1, 0.15) is 35.2 Å². The van der Waals surface area contributed by atoms with Crippen molar-refractivity contribution in [3.63, 3.8) is 0 Å². The largest absolute Gasteiger partial charge is 0.462 e. The standard InChI is InChI=1S/C18H16ClFN4O2/c1-18(11-7-15(11)26-17(21)24-18)16-12(20)4-3-10(23-16)6-14(25)13-5-2-9(19)8-22-13/h2-5,8,11,15H,6-7H2,1H3,(H2,21,24)/t11-,15+,18-/m0/s1. The minimum absolute atomic E-state index is 0.00177. The zero-order valence-corrected chi connectivity index (χ0v) is 14.7. The lowest BCUT2D eigenvalue weighted by Gasteiger charge is -2.29. The molecule has 0 radical (unpaired) electrons. The van der Waals surface area contributed by atoms with Crippen molar-refractivity contribution in [2.45, 2.75) is 31.4 Å². The van der Waals surface area contributed by atoms with Gasteiger partial charge in [0.05, 0.1) is 11.4 Å². The number of carbonyl (C=O) groups excluding carboxylic acids is 1. The first-order valence-electron chi connectivity index (χ1n) is 8.19. The Hall–Kier alpha value is -2.54. The van der Waals surface area contributed by atoms with Crippen LogP contribution in [0.5, 0.6) is 0 Å². The number of aromatic nitrogens is 2. The average molecular weight is 375 g/mol. The Morgan fingerprint density at radius 2 is 2.23 bits per heavy atom. The summed E-state index contributed by atoms with van der Waals surface area (Å²) in [5, 5.41) is 0.450. The van der Waals surface area contributed by atoms with Crippen molar-refractivity contribution in [1.82, 2.24) is 9.97 Å². The summed E-state index contributed by atoms with van der Waals surface area (Å²) in [6, 6.07) is 5.99. The van der Waals surface area contributed by atoms with E-state index >= 15 is 0 Å². The molecule has 3 atom stereocenters. The number of hydrogen-bond donors (Lipinski definition) is 1. The zero-order chi connectivity index (χ0) is 18.5. The third-order valence-corrected chi connectivity index (χ3v) is 5.03. The number of rotatable bonds is 4. The van der Waals surface area contributed by atoms with Gasteiger partial charge in [0.1, 0.15) is 28.8 Å². The van der Waals surface area contributed by atoms with E-state index in [-0.39, 0.29) is 41.6 Å². The van der Waals surface area contributed by atoms with Crippen LogP contribution in [0.25, 0.3) is 0 Å². The molecule has 0 spiro atoms. The number of nitrogens with zero attached hydrogens (tertiary/aromatic N) is 3. The lowest BCUT2D eigenvalue weighted by molar-refractivity contribution is 0.0986. The number of Topliss-reactive ketones (excluding diaryl/α,β-unsaturated/α-hetero) is 1. The molecule has 2 aromatic heterocycles. The minimum Gasteiger partial charge on any atom is -0.462 e. The predicted molar refractivity (Wildman–Crippen MR) is 93.4 cm³/mol. The minimum atomic E-state index is -0.894. The summed E-state index contributed by atoms with van der Waals surface area (Å²) in [6.45, 7) is 1.80. The molecule has 1 fully saturated rings. The Morgan fingerprint density at radius 1 is 1.42 bits per heavy atom. The predicted octanol–water partition coefficient (Wildman–Crippen LogP) is 2.64. The van der Waals surface area contributed by atoms with Gasteiger partial charge < -0.3 is 10.5 Å². The third-order valence-electron chi connectivity index (χ3n) is 4.81. The Kier molecular flexibility index (Phi) is 3.91. The molecule has 0 amide bonds. The van der Waals surface area contributed by atoms with E-state index in [0.717, 1.165) is 6.42 Å². The Labute approximate surface area is 154 Å². The fourth-order valence-electron chi connectivity index (χ4n) is 3.35. The van der Waals surface area contributed by atoms with Crippen LogP contribution in [0, 0.1) is 11.7 Å². The number of amidine groups is 1. The van der Waals surface area contributed by atoms with Gasteiger partial charge in [-0.15, -0.1) is 0 Å². The first-order valence-corrected chi connectivity index (χ1v) is 8.57. The van der Waals surface area contributed by atoms with Gasteiger partial charge in [0, 0.05) is 17.8 Å². The molecule has 3 heterocycles. The number of ketones is 1. The highest BCUT2D eigenvalue weighted by molar-refractivity contribution is 6.30. The van der Waals surface area contributed by atoms with Crippen LogP contribution < -0.4 is 5.73 Å². The highest BCUT2D eigenvalue weighted by Gasteiger charge is 2.58. The third kappa shape index (κ3) is 2.92. The molecular weight excluding hydrogens is 359 g/mol. The molecule has 0 bridgehead atoms. The van der Waals surface area contributed by atoms with Crippen LogP contribution in [0.15, 0.2) is 35.5 Å². The van der Waals surface area contributed by atoms with Gasteiger partial charge in [-0.1, -0.05) is 11.6 Å². The Balaban J connectivity index is 1.64. The van der Waals surface area contributed by atoms with Gasteiger partial charge in [-0.2, -0.15) is 0 Å². The van der Waals surface area contributed by atoms with Gasteiger partial charge in [-0.3, -0.25) is 14.8 Å². The number of pyridine rings is 2. The van der Waals surface area contributed by atoms with Crippen molar-refractivity contribution in [2.75, 3.05) is 0 Å². The molecule has 26 heavy (non-hydrogen) atoms. The SMILES string of the molecule is C[C@]1(c2nc(CC(=O)c3ccc(Cl)cn3)ccc2F)N=C(N)O[C@@H]2C[C@@H]21. The second-order valence-electron chi connectivity index (χ2n) is 6.69. The molecule has 1 aliphatic carbocycles. The quantitative estimate of drug-likeness (QED) is 0.831. The van der Waals surface area contributed by atoms with E-state index in [1.165, 1.54) is 18.3 Å². The molecule has 4 rings (SSSR count). The smallest absolute Gasteiger partial charge is 0.283 e. The van der Waals surface area contributed by atoms with Crippen LogP contribution in [0.3, 0.4) is 0 Å². The van der Waals surface area contributed by atoms with Crippen LogP contribution in [0.4, 0.5) is 4.39 Å². The van der Waals surface area contributed by atoms with Gasteiger partial charge in [-0.25, -0.2) is 9.38 Å². The van der Waals surface area contributed by atoms with Gasteiger partial charge in [0.15, 0.2) is 5.78 Å². The van der Waals surface area contributed by atoms with Crippen molar-refractivity contribution >= 4 is 23.4 Å². The fraction of sp³-hybridized carbons (Fsp3) is 0.333. The molecule has 0 aromatic carbocycles. The molecule has 1 saturated carbocycles. The number of carbonyl (C=O) groups is 1. The monoisotopic (exact) mass is 374 g/mol. The number of hydrogen-bond acceptors (Lipinski definition) is 6. The lowest BCUT2D eigenvalue weighted by atomic mass is 9.90. The molecule has 2 N–H and O–H groups in total. The van der Waals surface area contributed by atoms with Crippen molar-refractivity contribution in [3.05, 3.63) is 58.4 Å². The number of halogens is 2. The van der Waals surface area contributed by atoms with Gasteiger partial charge in [0.2, 0.25) is 0 Å². The zero-order valence-electron chi connectivity index (χ0n) is 13.9. The Morgan fingerprint density at radius 3 is 2.96 bits per heavy atom. The summed E-state index contributed by atoms with van der Waals surface area (Å²) in [6.07, 6.45) is 2.11. The second kappa shape index (κ2) is 6.02. The van der Waals surface area contributed by atoms with E-state index in [0.29, 0.717) is 10.7 Å². The summed E-state index contributed by atoms with van der Waals surface area (Å²) < 4.78 is 19.9. The maximum absolute atomic E-state index is 14.5. The molecular formula is C18H16ClFN4O2. The van der Waals surface area contributed by atoms with E-state index in [4.69, 9.17) is 22.1 Å². The number of fused-ring (bicyclic) bond motifs is 1. The number of ether oxygens (including phenoxy) is 1. The van der Waals surface area contributed by atoms with Crippen molar-refractivity contribution in [2.24, 2.45) is 16.6 Å². The molecule has 2 aromatic rings. The van der Waals surface area contributed by atoms with Crippen LogP contribution in [-0.4, -0.2) is 27.9 Å². The van der Waals surface area contributed by atoms with E-state index in [2.05, 4.69) is 15.0 Å². The fourth-order valence-corrected chi connectivity index (χ4v) is 3.46. The maximum Gasteiger partial charge on any atom is 0.283 e. The molecule has 2 aliphatic rings. The lowest BCUT2D eigenvalue weighted by Crippen LogP contribution is -2.36. The van der Waals surface area contributed by atoms with Crippen molar-refractivity contribution in [3.8, 4) is 0 Å². The summed E-state index contributed by atoms with van der Waals surface area (Å²) in [4.78, 5) is 25.1. The van der Waals surface area contributed by atoms with Gasteiger partial charge >= 0.3 is 0 Å². The van der Waals surface area contributed by atoms with Gasteiger partial charge in [0.25, 0.3) is 6.02 Å². The molecule has 8 heteroatoms. The summed E-state index contributed by atoms with van der Waals surface area (Å²) in [7, 11) is 0. The highest BCUT2D eigenvalue weighted by Crippen LogP contribution is 2.52. The highest BCUT2D eigenvalue weighted by atomic mass is 35.5. The van der Waals surface area contributed by atoms with Crippen LogP contribution in [0.2, 0.25) is 5.02 Å². The number of aliphatic imine (C=N–C) groups is 1. The normalized spacial score (nSPS) is 26.5. The molecule has 134 valence electrons.